The molecule has 0 unspecified atom stereocenters. The summed E-state index contributed by atoms with van der Waals surface area (Å²) in [5, 5.41) is 0.0949. The number of methoxy groups -OCH3 is 1. The Hall–Kier alpha value is -3.74. The third kappa shape index (κ3) is 3.42. The molecule has 0 amide bonds. The fraction of sp³-hybridized carbons (Fsp3) is 0.143. The molecule has 7 nitrogen and oxygen atoms in total. The average molecular weight is 379 g/mol. The minimum absolute atomic E-state index is 0.0949. The minimum atomic E-state index is -0.840. The molecule has 0 radical (unpaired) electrons. The number of fused-ring (bicyclic) bond motifs is 1. The number of ketones is 1. The molecular weight excluding hydrogens is 362 g/mol. The van der Waals surface area contributed by atoms with Gasteiger partial charge >= 0.3 is 11.9 Å². The summed E-state index contributed by atoms with van der Waals surface area (Å²) in [7, 11) is 1.16. The Morgan fingerprint density at radius 2 is 1.68 bits per heavy atom. The largest absolute Gasteiger partial charge is 0.464 e. The first-order valence-electron chi connectivity index (χ1n) is 8.53. The van der Waals surface area contributed by atoms with Crippen LogP contribution in [-0.4, -0.2) is 36.4 Å². The second-order valence-corrected chi connectivity index (χ2v) is 5.87. The van der Waals surface area contributed by atoms with Gasteiger partial charge in [0, 0.05) is 16.5 Å². The lowest BCUT2D eigenvalue weighted by Crippen LogP contribution is -2.24. The van der Waals surface area contributed by atoms with E-state index < -0.39 is 23.2 Å². The Kier molecular flexibility index (Phi) is 5.35. The third-order valence-corrected chi connectivity index (χ3v) is 4.16. The van der Waals surface area contributed by atoms with Gasteiger partial charge in [0.15, 0.2) is 5.78 Å². The number of esters is 2. The molecule has 7 heteroatoms. The molecule has 2 aromatic carbocycles. The molecule has 0 saturated carbocycles. The Morgan fingerprint density at radius 1 is 0.964 bits per heavy atom. The van der Waals surface area contributed by atoms with Gasteiger partial charge in [0.1, 0.15) is 11.3 Å². The molecule has 0 aliphatic carbocycles. The van der Waals surface area contributed by atoms with E-state index in [1.165, 1.54) is 18.2 Å². The molecule has 0 atom stereocenters. The molecule has 1 heterocycles. The topological polar surface area (TPSA) is 103 Å². The highest BCUT2D eigenvalue weighted by atomic mass is 16.5. The van der Waals surface area contributed by atoms with Crippen molar-refractivity contribution in [2.24, 2.45) is 0 Å². The summed E-state index contributed by atoms with van der Waals surface area (Å²) < 4.78 is 9.68. The molecule has 0 aliphatic heterocycles. The van der Waals surface area contributed by atoms with Crippen molar-refractivity contribution in [1.82, 2.24) is 4.98 Å². The summed E-state index contributed by atoms with van der Waals surface area (Å²) in [4.78, 5) is 53.1. The highest BCUT2D eigenvalue weighted by molar-refractivity contribution is 6.15. The van der Waals surface area contributed by atoms with Gasteiger partial charge in [-0.15, -0.1) is 0 Å². The van der Waals surface area contributed by atoms with E-state index in [2.05, 4.69) is 4.98 Å². The second-order valence-electron chi connectivity index (χ2n) is 5.87. The van der Waals surface area contributed by atoms with Gasteiger partial charge in [-0.3, -0.25) is 9.59 Å². The number of pyridine rings is 1. The van der Waals surface area contributed by atoms with Crippen LogP contribution >= 0.6 is 0 Å². The summed E-state index contributed by atoms with van der Waals surface area (Å²) in [6.45, 7) is 1.86. The van der Waals surface area contributed by atoms with E-state index in [-0.39, 0.29) is 34.4 Å². The van der Waals surface area contributed by atoms with Crippen molar-refractivity contribution in [2.75, 3.05) is 13.7 Å². The zero-order chi connectivity index (χ0) is 20.3. The predicted octanol–water partition coefficient (Wildman–Crippen LogP) is 2.72. The lowest BCUT2D eigenvalue weighted by atomic mass is 9.98. The molecule has 3 aromatic rings. The first-order valence-corrected chi connectivity index (χ1v) is 8.53. The summed E-state index contributed by atoms with van der Waals surface area (Å²) in [6, 6.07) is 12.4. The van der Waals surface area contributed by atoms with E-state index in [0.717, 1.165) is 7.11 Å². The van der Waals surface area contributed by atoms with Gasteiger partial charge in [-0.25, -0.2) is 9.59 Å². The fourth-order valence-electron chi connectivity index (χ4n) is 2.83. The van der Waals surface area contributed by atoms with Crippen LogP contribution in [0.5, 0.6) is 0 Å². The number of benzene rings is 2. The number of carbonyl (C=O) groups excluding carboxylic acids is 3. The Bertz CT molecular complexity index is 1130. The van der Waals surface area contributed by atoms with E-state index in [1.807, 2.05) is 0 Å². The summed E-state index contributed by atoms with van der Waals surface area (Å²) >= 11 is 0. The zero-order valence-electron chi connectivity index (χ0n) is 15.3. The molecular formula is C21H17NO6. The van der Waals surface area contributed by atoms with Crippen molar-refractivity contribution in [3.8, 4) is 0 Å². The maximum Gasteiger partial charge on any atom is 0.355 e. The number of aromatic nitrogens is 1. The van der Waals surface area contributed by atoms with Gasteiger partial charge in [-0.1, -0.05) is 30.3 Å². The van der Waals surface area contributed by atoms with Gasteiger partial charge in [0.2, 0.25) is 5.43 Å². The molecule has 1 aromatic heterocycles. The highest BCUT2D eigenvalue weighted by Gasteiger charge is 2.25. The van der Waals surface area contributed by atoms with Crippen LogP contribution in [0.4, 0.5) is 0 Å². The summed E-state index contributed by atoms with van der Waals surface area (Å²) in [5.41, 5.74) is -0.538. The van der Waals surface area contributed by atoms with E-state index in [4.69, 9.17) is 9.47 Å². The van der Waals surface area contributed by atoms with Crippen LogP contribution in [0, 0.1) is 0 Å². The first-order chi connectivity index (χ1) is 13.5. The molecule has 0 fully saturated rings. The number of carbonyl (C=O) groups is 3. The SMILES string of the molecule is CCOC(=O)c1ccc2[nH]c(C(=O)OC)c(C(=O)c3ccccc3)c(=O)c2c1. The van der Waals surface area contributed by atoms with Gasteiger partial charge in [0.25, 0.3) is 0 Å². The average Bonchev–Trinajstić information content (AvgIpc) is 2.73. The van der Waals surface area contributed by atoms with Gasteiger partial charge < -0.3 is 14.5 Å². The Morgan fingerprint density at radius 3 is 2.32 bits per heavy atom. The number of hydrogen-bond acceptors (Lipinski definition) is 6. The Labute approximate surface area is 159 Å². The molecule has 3 rings (SSSR count). The van der Waals surface area contributed by atoms with Crippen molar-refractivity contribution >= 4 is 28.6 Å². The third-order valence-electron chi connectivity index (χ3n) is 4.16. The van der Waals surface area contributed by atoms with E-state index in [0.29, 0.717) is 5.52 Å². The summed E-state index contributed by atoms with van der Waals surface area (Å²) in [6.07, 6.45) is 0. The standard InChI is InChI=1S/C21H17NO6/c1-3-28-20(25)13-9-10-15-14(11-13)19(24)16(17(22-15)21(26)27-2)18(23)12-7-5-4-6-8-12/h4-11H,3H2,1-2H3,(H,22,24). The van der Waals surface area contributed by atoms with Crippen LogP contribution in [0.1, 0.15) is 43.7 Å². The van der Waals surface area contributed by atoms with Crippen molar-refractivity contribution < 1.29 is 23.9 Å². The monoisotopic (exact) mass is 379 g/mol. The number of nitrogens with one attached hydrogen (secondary N) is 1. The molecule has 0 saturated heterocycles. The van der Waals surface area contributed by atoms with Crippen LogP contribution in [0.2, 0.25) is 0 Å². The normalized spacial score (nSPS) is 10.5. The molecule has 0 bridgehead atoms. The van der Waals surface area contributed by atoms with Crippen LogP contribution in [0.3, 0.4) is 0 Å². The quantitative estimate of drug-likeness (QED) is 0.540. The van der Waals surface area contributed by atoms with Gasteiger partial charge in [0.05, 0.1) is 19.3 Å². The molecule has 28 heavy (non-hydrogen) atoms. The van der Waals surface area contributed by atoms with Crippen molar-refractivity contribution in [3.05, 3.63) is 81.1 Å². The van der Waals surface area contributed by atoms with E-state index >= 15 is 0 Å². The number of aromatic amines is 1. The summed E-state index contributed by atoms with van der Waals surface area (Å²) in [5.74, 6) is -2.05. The number of hydrogen-bond donors (Lipinski definition) is 1. The van der Waals surface area contributed by atoms with E-state index in [1.54, 1.807) is 37.3 Å². The lowest BCUT2D eigenvalue weighted by Gasteiger charge is -2.10. The molecule has 142 valence electrons. The smallest absolute Gasteiger partial charge is 0.355 e. The second kappa shape index (κ2) is 7.87. The van der Waals surface area contributed by atoms with Crippen LogP contribution < -0.4 is 5.43 Å². The van der Waals surface area contributed by atoms with E-state index in [9.17, 15) is 19.2 Å². The van der Waals surface area contributed by atoms with Crippen molar-refractivity contribution in [2.45, 2.75) is 6.92 Å². The van der Waals surface area contributed by atoms with Gasteiger partial charge in [-0.2, -0.15) is 0 Å². The molecule has 1 N–H and O–H groups in total. The maximum atomic E-state index is 13.1. The Balaban J connectivity index is 2.28. The number of H-pyrrole nitrogens is 1. The number of rotatable bonds is 5. The van der Waals surface area contributed by atoms with Crippen LogP contribution in [0.15, 0.2) is 53.3 Å². The minimum Gasteiger partial charge on any atom is -0.464 e. The first kappa shape index (κ1) is 19.0. The van der Waals surface area contributed by atoms with Crippen molar-refractivity contribution in [1.29, 1.82) is 0 Å². The van der Waals surface area contributed by atoms with Gasteiger partial charge in [-0.05, 0) is 25.1 Å². The number of ether oxygens (including phenoxy) is 2. The zero-order valence-corrected chi connectivity index (χ0v) is 15.3. The van der Waals surface area contributed by atoms with Crippen LogP contribution in [0.25, 0.3) is 10.9 Å². The lowest BCUT2D eigenvalue weighted by molar-refractivity contribution is 0.0525. The van der Waals surface area contributed by atoms with Crippen LogP contribution in [-0.2, 0) is 9.47 Å². The fourth-order valence-corrected chi connectivity index (χ4v) is 2.83. The predicted molar refractivity (Wildman–Crippen MR) is 102 cm³/mol. The maximum absolute atomic E-state index is 13.1. The molecule has 0 aliphatic rings. The molecule has 0 spiro atoms. The van der Waals surface area contributed by atoms with Crippen molar-refractivity contribution in [3.63, 3.8) is 0 Å². The highest BCUT2D eigenvalue weighted by Crippen LogP contribution is 2.18.